The van der Waals surface area contributed by atoms with E-state index in [2.05, 4.69) is 19.4 Å². The third-order valence-corrected chi connectivity index (χ3v) is 2.53. The highest BCUT2D eigenvalue weighted by atomic mass is 32.2. The molecule has 1 heterocycles. The summed E-state index contributed by atoms with van der Waals surface area (Å²) >= 11 is 0. The third-order valence-electron chi connectivity index (χ3n) is 1.57. The van der Waals surface area contributed by atoms with Gasteiger partial charge in [0.2, 0.25) is 0 Å². The van der Waals surface area contributed by atoms with Gasteiger partial charge in [-0.2, -0.15) is 13.1 Å². The van der Waals surface area contributed by atoms with Crippen molar-refractivity contribution in [3.8, 4) is 0 Å². The fourth-order valence-corrected chi connectivity index (χ4v) is 1.62. The quantitative estimate of drug-likeness (QED) is 0.684. The molecule has 0 aromatic carbocycles. The van der Waals surface area contributed by atoms with Crippen molar-refractivity contribution < 1.29 is 17.9 Å². The van der Waals surface area contributed by atoms with Gasteiger partial charge in [-0.15, -0.1) is 0 Å². The molecule has 0 bridgehead atoms. The molecule has 8 nitrogen and oxygen atoms in total. The minimum atomic E-state index is -3.92. The predicted octanol–water partition coefficient (Wildman–Crippen LogP) is -0.121. The van der Waals surface area contributed by atoms with Crippen LogP contribution in [0.3, 0.4) is 0 Å². The SMILES string of the molecule is CC(C)OC(=O)NS(=O)(=O)NCc1cnc[nH]1. The topological polar surface area (TPSA) is 113 Å². The van der Waals surface area contributed by atoms with Gasteiger partial charge in [-0.3, -0.25) is 0 Å². The second-order valence-corrected chi connectivity index (χ2v) is 4.96. The monoisotopic (exact) mass is 262 g/mol. The van der Waals surface area contributed by atoms with E-state index >= 15 is 0 Å². The van der Waals surface area contributed by atoms with Crippen LogP contribution in [0.1, 0.15) is 19.5 Å². The van der Waals surface area contributed by atoms with E-state index in [4.69, 9.17) is 0 Å². The van der Waals surface area contributed by atoms with Gasteiger partial charge >= 0.3 is 16.3 Å². The second kappa shape index (κ2) is 5.64. The summed E-state index contributed by atoms with van der Waals surface area (Å²) in [5.41, 5.74) is 0.576. The zero-order valence-electron chi connectivity index (χ0n) is 9.43. The minimum Gasteiger partial charge on any atom is -0.446 e. The number of ether oxygens (including phenoxy) is 1. The molecule has 0 fully saturated rings. The van der Waals surface area contributed by atoms with Gasteiger partial charge in [0.1, 0.15) is 0 Å². The van der Waals surface area contributed by atoms with Crippen molar-refractivity contribution in [1.82, 2.24) is 19.4 Å². The van der Waals surface area contributed by atoms with E-state index in [1.807, 2.05) is 0 Å². The molecule has 3 N–H and O–H groups in total. The molecule has 0 radical (unpaired) electrons. The van der Waals surface area contributed by atoms with Gasteiger partial charge < -0.3 is 9.72 Å². The number of aromatic amines is 1. The Hall–Kier alpha value is -1.61. The maximum atomic E-state index is 11.4. The minimum absolute atomic E-state index is 0.00426. The van der Waals surface area contributed by atoms with Crippen LogP contribution < -0.4 is 9.44 Å². The molecule has 1 aromatic heterocycles. The number of hydrogen-bond acceptors (Lipinski definition) is 5. The molecule has 0 saturated carbocycles. The zero-order chi connectivity index (χ0) is 12.9. The summed E-state index contributed by atoms with van der Waals surface area (Å²) < 4.78 is 31.2. The number of amides is 1. The van der Waals surface area contributed by atoms with Crippen LogP contribution in [0.4, 0.5) is 4.79 Å². The predicted molar refractivity (Wildman–Crippen MR) is 59.1 cm³/mol. The third kappa shape index (κ3) is 5.31. The number of carbonyl (C=O) groups is 1. The highest BCUT2D eigenvalue weighted by Crippen LogP contribution is 1.93. The summed E-state index contributed by atoms with van der Waals surface area (Å²) in [5.74, 6) is 0. The van der Waals surface area contributed by atoms with Gasteiger partial charge in [0.25, 0.3) is 0 Å². The van der Waals surface area contributed by atoms with E-state index in [9.17, 15) is 13.2 Å². The molecule has 9 heteroatoms. The van der Waals surface area contributed by atoms with Crippen molar-refractivity contribution in [3.63, 3.8) is 0 Å². The smallest absolute Gasteiger partial charge is 0.422 e. The zero-order valence-corrected chi connectivity index (χ0v) is 10.2. The highest BCUT2D eigenvalue weighted by molar-refractivity contribution is 7.88. The number of hydrogen-bond donors (Lipinski definition) is 3. The molecule has 96 valence electrons. The van der Waals surface area contributed by atoms with Gasteiger partial charge in [-0.1, -0.05) is 0 Å². The van der Waals surface area contributed by atoms with Crippen molar-refractivity contribution >= 4 is 16.3 Å². The molecule has 1 aromatic rings. The van der Waals surface area contributed by atoms with E-state index < -0.39 is 22.4 Å². The lowest BCUT2D eigenvalue weighted by atomic mass is 10.5. The Bertz CT molecular complexity index is 454. The second-order valence-electron chi connectivity index (χ2n) is 3.46. The Labute approximate surface area is 99.0 Å². The maximum absolute atomic E-state index is 11.4. The summed E-state index contributed by atoms with van der Waals surface area (Å²) in [5, 5.41) is 0. The summed E-state index contributed by atoms with van der Waals surface area (Å²) in [4.78, 5) is 17.5. The lowest BCUT2D eigenvalue weighted by molar-refractivity contribution is 0.121. The largest absolute Gasteiger partial charge is 0.446 e. The molecule has 0 aliphatic rings. The maximum Gasteiger partial charge on any atom is 0.422 e. The molecule has 0 atom stereocenters. The van der Waals surface area contributed by atoms with Crippen molar-refractivity contribution in [2.45, 2.75) is 26.5 Å². The average molecular weight is 262 g/mol. The van der Waals surface area contributed by atoms with Crippen LogP contribution in [0, 0.1) is 0 Å². The van der Waals surface area contributed by atoms with Crippen LogP contribution in [0.15, 0.2) is 12.5 Å². The van der Waals surface area contributed by atoms with Crippen molar-refractivity contribution in [3.05, 3.63) is 18.2 Å². The Kier molecular flexibility index (Phi) is 4.46. The molecular formula is C8H14N4O4S. The number of rotatable bonds is 5. The standard InChI is InChI=1S/C8H14N4O4S/c1-6(2)16-8(13)12-17(14,15)11-4-7-3-9-5-10-7/h3,5-6,11H,4H2,1-2H3,(H,9,10)(H,12,13). The van der Waals surface area contributed by atoms with E-state index in [1.54, 1.807) is 18.6 Å². The van der Waals surface area contributed by atoms with Gasteiger partial charge in [0.05, 0.1) is 19.0 Å². The van der Waals surface area contributed by atoms with Crippen LogP contribution in [-0.2, 0) is 21.5 Å². The molecular weight excluding hydrogens is 248 g/mol. The van der Waals surface area contributed by atoms with Crippen LogP contribution in [0.2, 0.25) is 0 Å². The van der Waals surface area contributed by atoms with E-state index in [0.29, 0.717) is 5.69 Å². The average Bonchev–Trinajstić information content (AvgIpc) is 2.64. The lowest BCUT2D eigenvalue weighted by Gasteiger charge is -2.10. The van der Waals surface area contributed by atoms with Crippen molar-refractivity contribution in [1.29, 1.82) is 0 Å². The highest BCUT2D eigenvalue weighted by Gasteiger charge is 2.15. The lowest BCUT2D eigenvalue weighted by Crippen LogP contribution is -2.40. The van der Waals surface area contributed by atoms with Crippen molar-refractivity contribution in [2.24, 2.45) is 0 Å². The Morgan fingerprint density at radius 3 is 2.82 bits per heavy atom. The summed E-state index contributed by atoms with van der Waals surface area (Å²) in [6, 6.07) is 0. The van der Waals surface area contributed by atoms with E-state index in [1.165, 1.54) is 12.5 Å². The molecule has 0 aliphatic heterocycles. The summed E-state index contributed by atoms with van der Waals surface area (Å²) in [6.07, 6.45) is 1.48. The summed E-state index contributed by atoms with van der Waals surface area (Å²) in [7, 11) is -3.92. The molecule has 17 heavy (non-hydrogen) atoms. The Morgan fingerprint density at radius 2 is 2.29 bits per heavy atom. The Morgan fingerprint density at radius 1 is 1.59 bits per heavy atom. The first kappa shape index (κ1) is 13.5. The molecule has 0 spiro atoms. The fraction of sp³-hybridized carbons (Fsp3) is 0.500. The number of aromatic nitrogens is 2. The number of nitrogens with one attached hydrogen (secondary N) is 3. The van der Waals surface area contributed by atoms with Gasteiger partial charge in [0, 0.05) is 11.9 Å². The van der Waals surface area contributed by atoms with Gasteiger partial charge in [-0.25, -0.2) is 14.5 Å². The molecule has 0 saturated heterocycles. The molecule has 1 rings (SSSR count). The fourth-order valence-electron chi connectivity index (χ4n) is 0.938. The number of nitrogens with zero attached hydrogens (tertiary/aromatic N) is 1. The van der Waals surface area contributed by atoms with Gasteiger partial charge in [0.15, 0.2) is 0 Å². The first-order valence-corrected chi connectivity index (χ1v) is 6.32. The van der Waals surface area contributed by atoms with Crippen LogP contribution >= 0.6 is 0 Å². The number of carbonyl (C=O) groups excluding carboxylic acids is 1. The van der Waals surface area contributed by atoms with Gasteiger partial charge in [-0.05, 0) is 13.8 Å². The molecule has 0 unspecified atom stereocenters. The normalized spacial score (nSPS) is 11.5. The first-order valence-electron chi connectivity index (χ1n) is 4.84. The van der Waals surface area contributed by atoms with Crippen LogP contribution in [-0.4, -0.2) is 30.6 Å². The van der Waals surface area contributed by atoms with Crippen LogP contribution in [0.25, 0.3) is 0 Å². The Balaban J connectivity index is 2.43. The van der Waals surface area contributed by atoms with Crippen molar-refractivity contribution in [2.75, 3.05) is 0 Å². The van der Waals surface area contributed by atoms with Crippen LogP contribution in [0.5, 0.6) is 0 Å². The van der Waals surface area contributed by atoms with E-state index in [0.717, 1.165) is 0 Å². The first-order chi connectivity index (χ1) is 7.89. The molecule has 0 aliphatic carbocycles. The number of H-pyrrole nitrogens is 1. The van der Waals surface area contributed by atoms with E-state index in [-0.39, 0.29) is 6.54 Å². The number of imidazole rings is 1. The molecule has 1 amide bonds. The summed E-state index contributed by atoms with van der Waals surface area (Å²) in [6.45, 7) is 3.23.